The van der Waals surface area contributed by atoms with Crippen LogP contribution in [0.15, 0.2) is 72.1 Å². The van der Waals surface area contributed by atoms with Crippen LogP contribution in [-0.2, 0) is 37.1 Å². The third kappa shape index (κ3) is 8.06. The average Bonchev–Trinajstić information content (AvgIpc) is 2.92. The number of sulfonamides is 1. The van der Waals surface area contributed by atoms with Crippen LogP contribution in [0.1, 0.15) is 23.6 Å². The van der Waals surface area contributed by atoms with Gasteiger partial charge in [-0.1, -0.05) is 42.8 Å². The van der Waals surface area contributed by atoms with Crippen LogP contribution in [0.2, 0.25) is 0 Å². The third-order valence-electron chi connectivity index (χ3n) is 5.96. The Bertz CT molecular complexity index is 1340. The van der Waals surface area contributed by atoms with Crippen molar-refractivity contribution in [2.24, 2.45) is 0 Å². The average molecular weight is 556 g/mol. The zero-order valence-corrected chi connectivity index (χ0v) is 23.8. The van der Waals surface area contributed by atoms with E-state index in [2.05, 4.69) is 18.2 Å². The van der Waals surface area contributed by atoms with Crippen molar-refractivity contribution in [2.45, 2.75) is 31.6 Å². The molecule has 39 heavy (non-hydrogen) atoms. The van der Waals surface area contributed by atoms with E-state index < -0.39 is 10.0 Å². The molecular formula is C30H37NO7S. The van der Waals surface area contributed by atoms with Gasteiger partial charge in [-0.15, -0.1) is 6.58 Å². The molecule has 0 radical (unpaired) electrons. The fourth-order valence-corrected chi connectivity index (χ4v) is 5.25. The molecule has 0 fully saturated rings. The van der Waals surface area contributed by atoms with Crippen molar-refractivity contribution in [3.63, 3.8) is 0 Å². The lowest BCUT2D eigenvalue weighted by Gasteiger charge is -2.22. The predicted octanol–water partition coefficient (Wildman–Crippen LogP) is 5.74. The summed E-state index contributed by atoms with van der Waals surface area (Å²) >= 11 is 0. The van der Waals surface area contributed by atoms with Crippen LogP contribution in [0.3, 0.4) is 0 Å². The molecule has 0 aliphatic heterocycles. The van der Waals surface area contributed by atoms with Crippen LogP contribution in [0.4, 0.5) is 5.69 Å². The van der Waals surface area contributed by atoms with E-state index in [0.29, 0.717) is 43.2 Å². The van der Waals surface area contributed by atoms with Crippen LogP contribution in [0.5, 0.6) is 11.5 Å². The number of ether oxygens (including phenoxy) is 5. The second-order valence-corrected chi connectivity index (χ2v) is 10.5. The number of rotatable bonds is 16. The number of hydrogen-bond acceptors (Lipinski definition) is 7. The van der Waals surface area contributed by atoms with E-state index in [1.807, 2.05) is 19.1 Å². The van der Waals surface area contributed by atoms with Gasteiger partial charge in [-0.25, -0.2) is 8.42 Å². The second kappa shape index (κ2) is 14.7. The summed E-state index contributed by atoms with van der Waals surface area (Å²) in [5, 5.41) is 0. The van der Waals surface area contributed by atoms with Crippen LogP contribution in [0, 0.1) is 6.92 Å². The maximum absolute atomic E-state index is 13.1. The number of aryl methyl sites for hydroxylation is 1. The smallest absolute Gasteiger partial charge is 0.261 e. The summed E-state index contributed by atoms with van der Waals surface area (Å²) in [5.41, 5.74) is 4.95. The molecule has 0 amide bonds. The molecule has 1 N–H and O–H groups in total. The first kappa shape index (κ1) is 30.2. The summed E-state index contributed by atoms with van der Waals surface area (Å²) in [4.78, 5) is 0.190. The van der Waals surface area contributed by atoms with Crippen LogP contribution < -0.4 is 14.2 Å². The number of anilines is 1. The molecule has 3 aromatic rings. The molecule has 0 heterocycles. The van der Waals surface area contributed by atoms with Crippen molar-refractivity contribution in [2.75, 3.05) is 45.7 Å². The van der Waals surface area contributed by atoms with Crippen molar-refractivity contribution >= 4 is 15.7 Å². The van der Waals surface area contributed by atoms with Gasteiger partial charge in [-0.3, -0.25) is 4.72 Å². The molecule has 210 valence electrons. The normalized spacial score (nSPS) is 11.3. The Labute approximate surface area is 231 Å². The third-order valence-corrected chi connectivity index (χ3v) is 7.35. The highest BCUT2D eigenvalue weighted by Gasteiger charge is 2.22. The molecule has 0 atom stereocenters. The fourth-order valence-electron chi connectivity index (χ4n) is 4.20. The Morgan fingerprint density at radius 1 is 0.923 bits per heavy atom. The van der Waals surface area contributed by atoms with E-state index in [1.54, 1.807) is 62.8 Å². The molecule has 3 aromatic carbocycles. The first-order valence-electron chi connectivity index (χ1n) is 12.6. The maximum Gasteiger partial charge on any atom is 0.261 e. The first-order chi connectivity index (χ1) is 18.8. The van der Waals surface area contributed by atoms with Gasteiger partial charge >= 0.3 is 0 Å². The quantitative estimate of drug-likeness (QED) is 0.137. The van der Waals surface area contributed by atoms with Crippen LogP contribution in [-0.4, -0.2) is 49.4 Å². The minimum absolute atomic E-state index is 0.0222. The number of hydrogen-bond donors (Lipinski definition) is 1. The Kier molecular flexibility index (Phi) is 11.4. The number of nitrogens with one attached hydrogen (secondary N) is 1. The van der Waals surface area contributed by atoms with Gasteiger partial charge in [0, 0.05) is 31.5 Å². The second-order valence-electron chi connectivity index (χ2n) is 8.77. The van der Waals surface area contributed by atoms with E-state index in [1.165, 1.54) is 0 Å². The lowest BCUT2D eigenvalue weighted by atomic mass is 9.90. The molecule has 9 heteroatoms. The van der Waals surface area contributed by atoms with Crippen LogP contribution >= 0.6 is 0 Å². The van der Waals surface area contributed by atoms with Crippen molar-refractivity contribution in [1.82, 2.24) is 0 Å². The molecule has 0 aliphatic rings. The summed E-state index contributed by atoms with van der Waals surface area (Å²) in [6.45, 7) is 8.66. The Balaban J connectivity index is 2.12. The van der Waals surface area contributed by atoms with E-state index in [-0.39, 0.29) is 18.5 Å². The van der Waals surface area contributed by atoms with E-state index in [4.69, 9.17) is 23.7 Å². The topological polar surface area (TPSA) is 92.3 Å². The Hall–Kier alpha value is -3.37. The predicted molar refractivity (Wildman–Crippen MR) is 153 cm³/mol. The minimum Gasteiger partial charge on any atom is -0.467 e. The molecule has 0 saturated heterocycles. The van der Waals surface area contributed by atoms with Gasteiger partial charge in [0.1, 0.15) is 11.5 Å². The molecular weight excluding hydrogens is 518 g/mol. The van der Waals surface area contributed by atoms with Gasteiger partial charge in [0.25, 0.3) is 10.0 Å². The standard InChI is InChI=1S/C30H37NO7S/c1-6-16-36-17-15-27-26(7-2)28(37-20-34-4)19-29(38-21-35-5)30(27)23-9-8-10-24(18-23)31-39(32,33)25-13-11-22(3)12-14-25/h6,8-14,18-19,31H,1,7,15-17,20-21H2,2-5H3. The van der Waals surface area contributed by atoms with Gasteiger partial charge in [-0.2, -0.15) is 0 Å². The van der Waals surface area contributed by atoms with Crippen molar-refractivity contribution < 1.29 is 32.1 Å². The largest absolute Gasteiger partial charge is 0.467 e. The maximum atomic E-state index is 13.1. The summed E-state index contributed by atoms with van der Waals surface area (Å²) in [6.07, 6.45) is 2.96. The van der Waals surface area contributed by atoms with Crippen molar-refractivity contribution in [1.29, 1.82) is 0 Å². The molecule has 8 nitrogen and oxygen atoms in total. The summed E-state index contributed by atoms with van der Waals surface area (Å²) < 4.78 is 56.9. The van der Waals surface area contributed by atoms with E-state index in [0.717, 1.165) is 27.8 Å². The number of benzene rings is 3. The van der Waals surface area contributed by atoms with Gasteiger partial charge in [0.05, 0.1) is 18.1 Å². The molecule has 0 bridgehead atoms. The van der Waals surface area contributed by atoms with Crippen molar-refractivity contribution in [3.05, 3.63) is 83.9 Å². The zero-order chi connectivity index (χ0) is 28.3. The van der Waals surface area contributed by atoms with Gasteiger partial charge in [-0.05, 0) is 60.7 Å². The lowest BCUT2D eigenvalue weighted by molar-refractivity contribution is 0.0457. The summed E-state index contributed by atoms with van der Waals surface area (Å²) in [5.74, 6) is 1.18. The molecule has 0 aliphatic carbocycles. The van der Waals surface area contributed by atoms with Gasteiger partial charge in [0.15, 0.2) is 13.6 Å². The van der Waals surface area contributed by atoms with E-state index >= 15 is 0 Å². The minimum atomic E-state index is -3.78. The van der Waals surface area contributed by atoms with Gasteiger partial charge in [0.2, 0.25) is 0 Å². The summed E-state index contributed by atoms with van der Waals surface area (Å²) in [6, 6.07) is 15.8. The Morgan fingerprint density at radius 3 is 2.26 bits per heavy atom. The highest BCUT2D eigenvalue weighted by atomic mass is 32.2. The lowest BCUT2D eigenvalue weighted by Crippen LogP contribution is -2.13. The Morgan fingerprint density at radius 2 is 1.62 bits per heavy atom. The molecule has 0 aromatic heterocycles. The summed E-state index contributed by atoms with van der Waals surface area (Å²) in [7, 11) is -0.665. The van der Waals surface area contributed by atoms with Crippen LogP contribution in [0.25, 0.3) is 11.1 Å². The van der Waals surface area contributed by atoms with Gasteiger partial charge < -0.3 is 23.7 Å². The zero-order valence-electron chi connectivity index (χ0n) is 23.0. The van der Waals surface area contributed by atoms with Crippen molar-refractivity contribution in [3.8, 4) is 22.6 Å². The molecule has 0 saturated carbocycles. The molecule has 0 unspecified atom stereocenters. The number of methoxy groups -OCH3 is 2. The SMILES string of the molecule is C=CCOCCc1c(CC)c(OCOC)cc(OCOC)c1-c1cccc(NS(=O)(=O)c2ccc(C)cc2)c1. The monoisotopic (exact) mass is 555 g/mol. The highest BCUT2D eigenvalue weighted by Crippen LogP contribution is 2.42. The van der Waals surface area contributed by atoms with E-state index in [9.17, 15) is 8.42 Å². The molecule has 3 rings (SSSR count). The fraction of sp³-hybridized carbons (Fsp3) is 0.333. The first-order valence-corrected chi connectivity index (χ1v) is 14.1. The molecule has 0 spiro atoms. The highest BCUT2D eigenvalue weighted by molar-refractivity contribution is 7.92.